The van der Waals surface area contributed by atoms with Crippen molar-refractivity contribution in [3.05, 3.63) is 17.0 Å². The van der Waals surface area contributed by atoms with Gasteiger partial charge in [-0.25, -0.2) is 8.42 Å². The van der Waals surface area contributed by atoms with Crippen LogP contribution in [-0.2, 0) is 16.4 Å². The summed E-state index contributed by atoms with van der Waals surface area (Å²) >= 11 is 1.30. The number of rotatable bonds is 5. The van der Waals surface area contributed by atoms with Crippen LogP contribution in [0, 0.1) is 0 Å². The Hall–Kier alpha value is -0.390. The summed E-state index contributed by atoms with van der Waals surface area (Å²) in [6.45, 7) is 5.16. The van der Waals surface area contributed by atoms with Crippen molar-refractivity contribution in [1.29, 1.82) is 0 Å². The number of hydrogen-bond donors (Lipinski definition) is 1. The third kappa shape index (κ3) is 2.56. The van der Waals surface area contributed by atoms with E-state index in [1.54, 1.807) is 6.92 Å². The zero-order valence-corrected chi connectivity index (χ0v) is 10.0. The van der Waals surface area contributed by atoms with Gasteiger partial charge < -0.3 is 5.32 Å². The molecule has 1 aromatic heterocycles. The maximum Gasteiger partial charge on any atom is 0.187 e. The molecule has 5 heteroatoms. The Morgan fingerprint density at radius 3 is 2.71 bits per heavy atom. The van der Waals surface area contributed by atoms with Crippen molar-refractivity contribution in [1.82, 2.24) is 5.32 Å². The van der Waals surface area contributed by atoms with Gasteiger partial charge >= 0.3 is 0 Å². The first-order chi connectivity index (χ1) is 6.61. The molecule has 0 aliphatic carbocycles. The molecule has 1 heterocycles. The van der Waals surface area contributed by atoms with Crippen LogP contribution in [-0.4, -0.2) is 20.7 Å². The average molecular weight is 233 g/mol. The molecule has 0 aliphatic heterocycles. The Kier molecular flexibility index (Phi) is 4.10. The van der Waals surface area contributed by atoms with Gasteiger partial charge in [-0.3, -0.25) is 0 Å². The van der Waals surface area contributed by atoms with E-state index in [-0.39, 0.29) is 5.75 Å². The van der Waals surface area contributed by atoms with Crippen molar-refractivity contribution in [2.75, 3.05) is 12.3 Å². The Balaban J connectivity index is 2.93. The minimum Gasteiger partial charge on any atom is -0.313 e. The molecule has 0 bridgehead atoms. The maximum absolute atomic E-state index is 11.6. The molecule has 0 radical (unpaired) electrons. The molecule has 0 spiro atoms. The highest BCUT2D eigenvalue weighted by Crippen LogP contribution is 2.23. The minimum atomic E-state index is -3.04. The van der Waals surface area contributed by atoms with E-state index in [1.165, 1.54) is 11.3 Å². The maximum atomic E-state index is 11.6. The van der Waals surface area contributed by atoms with Gasteiger partial charge in [0.2, 0.25) is 0 Å². The number of hydrogen-bond acceptors (Lipinski definition) is 4. The van der Waals surface area contributed by atoms with Gasteiger partial charge in [0.05, 0.1) is 5.75 Å². The van der Waals surface area contributed by atoms with E-state index in [1.807, 2.05) is 18.4 Å². The Morgan fingerprint density at radius 2 is 2.14 bits per heavy atom. The molecule has 0 saturated heterocycles. The topological polar surface area (TPSA) is 46.2 Å². The van der Waals surface area contributed by atoms with Crippen LogP contribution in [0.5, 0.6) is 0 Å². The molecule has 1 N–H and O–H groups in total. The summed E-state index contributed by atoms with van der Waals surface area (Å²) in [6.07, 6.45) is 0. The highest BCUT2D eigenvalue weighted by atomic mass is 32.2. The lowest BCUT2D eigenvalue weighted by atomic mass is 10.3. The molecule has 0 aromatic carbocycles. The smallest absolute Gasteiger partial charge is 0.187 e. The van der Waals surface area contributed by atoms with Gasteiger partial charge in [-0.05, 0) is 23.6 Å². The van der Waals surface area contributed by atoms with Crippen LogP contribution < -0.4 is 5.32 Å². The zero-order chi connectivity index (χ0) is 10.6. The second-order valence-electron chi connectivity index (χ2n) is 2.92. The fourth-order valence-corrected chi connectivity index (χ4v) is 3.67. The fourth-order valence-electron chi connectivity index (χ4n) is 1.12. The van der Waals surface area contributed by atoms with Gasteiger partial charge in [0.15, 0.2) is 9.84 Å². The van der Waals surface area contributed by atoms with E-state index in [2.05, 4.69) is 5.32 Å². The molecule has 80 valence electrons. The van der Waals surface area contributed by atoms with Gasteiger partial charge in [0.1, 0.15) is 4.21 Å². The monoisotopic (exact) mass is 233 g/mol. The van der Waals surface area contributed by atoms with Gasteiger partial charge in [0, 0.05) is 6.54 Å². The quantitative estimate of drug-likeness (QED) is 0.841. The molecule has 1 rings (SSSR count). The largest absolute Gasteiger partial charge is 0.313 e. The van der Waals surface area contributed by atoms with Gasteiger partial charge in [0.25, 0.3) is 0 Å². The molecule has 0 aliphatic rings. The Morgan fingerprint density at radius 1 is 1.43 bits per heavy atom. The van der Waals surface area contributed by atoms with Crippen LogP contribution >= 0.6 is 11.3 Å². The van der Waals surface area contributed by atoms with Crippen molar-refractivity contribution < 1.29 is 8.42 Å². The summed E-state index contributed by atoms with van der Waals surface area (Å²) in [5, 5.41) is 4.96. The number of thiophene rings is 1. The highest BCUT2D eigenvalue weighted by molar-refractivity contribution is 7.93. The van der Waals surface area contributed by atoms with E-state index < -0.39 is 9.84 Å². The first-order valence-corrected chi connectivity index (χ1v) is 7.14. The SMILES string of the molecule is CCNCc1ccsc1S(=O)(=O)CC. The summed E-state index contributed by atoms with van der Waals surface area (Å²) in [4.78, 5) is 0. The Labute approximate surface area is 89.1 Å². The molecule has 0 amide bonds. The van der Waals surface area contributed by atoms with Crippen molar-refractivity contribution in [2.24, 2.45) is 0 Å². The summed E-state index contributed by atoms with van der Waals surface area (Å²) in [6, 6.07) is 1.87. The summed E-state index contributed by atoms with van der Waals surface area (Å²) in [5.74, 6) is 0.173. The normalized spacial score (nSPS) is 11.9. The number of nitrogens with one attached hydrogen (secondary N) is 1. The second kappa shape index (κ2) is 4.91. The molecule has 0 saturated carbocycles. The van der Waals surface area contributed by atoms with Gasteiger partial charge in [-0.15, -0.1) is 11.3 Å². The second-order valence-corrected chi connectivity index (χ2v) is 6.31. The number of sulfone groups is 1. The summed E-state index contributed by atoms with van der Waals surface area (Å²) in [5.41, 5.74) is 0.888. The molecule has 0 atom stereocenters. The zero-order valence-electron chi connectivity index (χ0n) is 8.41. The van der Waals surface area contributed by atoms with Crippen LogP contribution in [0.15, 0.2) is 15.7 Å². The first-order valence-electron chi connectivity index (χ1n) is 4.61. The average Bonchev–Trinajstić information content (AvgIpc) is 2.63. The summed E-state index contributed by atoms with van der Waals surface area (Å²) in [7, 11) is -3.04. The van der Waals surface area contributed by atoms with E-state index in [0.717, 1.165) is 12.1 Å². The third-order valence-electron chi connectivity index (χ3n) is 1.93. The van der Waals surface area contributed by atoms with Crippen LogP contribution in [0.3, 0.4) is 0 Å². The van der Waals surface area contributed by atoms with E-state index in [4.69, 9.17) is 0 Å². The van der Waals surface area contributed by atoms with E-state index in [0.29, 0.717) is 10.8 Å². The molecule has 3 nitrogen and oxygen atoms in total. The van der Waals surface area contributed by atoms with Crippen molar-refractivity contribution >= 4 is 21.2 Å². The summed E-state index contributed by atoms with van der Waals surface area (Å²) < 4.78 is 23.8. The lowest BCUT2D eigenvalue weighted by molar-refractivity contribution is 0.597. The van der Waals surface area contributed by atoms with Crippen molar-refractivity contribution in [3.63, 3.8) is 0 Å². The van der Waals surface area contributed by atoms with Crippen LogP contribution in [0.2, 0.25) is 0 Å². The molecule has 0 fully saturated rings. The van der Waals surface area contributed by atoms with Crippen LogP contribution in [0.1, 0.15) is 19.4 Å². The first kappa shape index (κ1) is 11.7. The standard InChI is InChI=1S/C9H15NO2S2/c1-3-10-7-8-5-6-13-9(8)14(11,12)4-2/h5-6,10H,3-4,7H2,1-2H3. The Bertz CT molecular complexity index is 381. The highest BCUT2D eigenvalue weighted by Gasteiger charge is 2.17. The predicted octanol–water partition coefficient (Wildman–Crippen LogP) is 1.65. The lowest BCUT2D eigenvalue weighted by Crippen LogP contribution is -2.14. The van der Waals surface area contributed by atoms with Gasteiger partial charge in [-0.1, -0.05) is 13.8 Å². The molecule has 14 heavy (non-hydrogen) atoms. The minimum absolute atomic E-state index is 0.173. The van der Waals surface area contributed by atoms with Crippen molar-refractivity contribution in [2.45, 2.75) is 24.6 Å². The van der Waals surface area contributed by atoms with Crippen LogP contribution in [0.4, 0.5) is 0 Å². The van der Waals surface area contributed by atoms with Crippen LogP contribution in [0.25, 0.3) is 0 Å². The third-order valence-corrected chi connectivity index (χ3v) is 5.32. The molecule has 0 unspecified atom stereocenters. The lowest BCUT2D eigenvalue weighted by Gasteiger charge is -2.03. The van der Waals surface area contributed by atoms with E-state index >= 15 is 0 Å². The predicted molar refractivity (Wildman–Crippen MR) is 59.4 cm³/mol. The molecular formula is C9H15NO2S2. The van der Waals surface area contributed by atoms with Crippen molar-refractivity contribution in [3.8, 4) is 0 Å². The fraction of sp³-hybridized carbons (Fsp3) is 0.556. The molecule has 1 aromatic rings. The van der Waals surface area contributed by atoms with Gasteiger partial charge in [-0.2, -0.15) is 0 Å². The molecular weight excluding hydrogens is 218 g/mol. The van der Waals surface area contributed by atoms with E-state index in [9.17, 15) is 8.42 Å².